The predicted molar refractivity (Wildman–Crippen MR) is 56.9 cm³/mol. The molecule has 1 rings (SSSR count). The molecule has 0 bridgehead atoms. The maximum atomic E-state index is 11.6. The van der Waals surface area contributed by atoms with E-state index in [2.05, 4.69) is 12.2 Å². The highest BCUT2D eigenvalue weighted by Gasteiger charge is 2.20. The van der Waals surface area contributed by atoms with Crippen LogP contribution in [0.4, 0.5) is 0 Å². The van der Waals surface area contributed by atoms with E-state index in [1.165, 1.54) is 0 Å². The molecule has 0 aromatic heterocycles. The Balaban J connectivity index is 2.41. The van der Waals surface area contributed by atoms with Crippen LogP contribution < -0.4 is 0 Å². The summed E-state index contributed by atoms with van der Waals surface area (Å²) >= 11 is 0. The van der Waals surface area contributed by atoms with Crippen LogP contribution in [0.3, 0.4) is 0 Å². The van der Waals surface area contributed by atoms with Crippen LogP contribution in [-0.2, 0) is 9.53 Å². The smallest absolute Gasteiger partial charge is 0.309 e. The second-order valence-corrected chi connectivity index (χ2v) is 4.16. The highest BCUT2D eigenvalue weighted by Crippen LogP contribution is 2.20. The van der Waals surface area contributed by atoms with E-state index < -0.39 is 0 Å². The summed E-state index contributed by atoms with van der Waals surface area (Å²) in [7, 11) is 0. The molecule has 80 valence electrons. The fourth-order valence-electron chi connectivity index (χ4n) is 1.72. The number of hydrogen-bond donors (Lipinski definition) is 0. The van der Waals surface area contributed by atoms with E-state index in [1.807, 2.05) is 13.8 Å². The van der Waals surface area contributed by atoms with Crippen molar-refractivity contribution in [3.63, 3.8) is 0 Å². The van der Waals surface area contributed by atoms with Gasteiger partial charge in [-0.1, -0.05) is 12.2 Å². The summed E-state index contributed by atoms with van der Waals surface area (Å²) < 4.78 is 5.22. The van der Waals surface area contributed by atoms with Gasteiger partial charge in [-0.25, -0.2) is 0 Å². The highest BCUT2D eigenvalue weighted by atomic mass is 16.5. The lowest BCUT2D eigenvalue weighted by molar-refractivity contribution is -0.152. The fourth-order valence-corrected chi connectivity index (χ4v) is 1.72. The maximum absolute atomic E-state index is 11.6. The minimum atomic E-state index is -0.00435. The van der Waals surface area contributed by atoms with Crippen LogP contribution in [0.2, 0.25) is 0 Å². The van der Waals surface area contributed by atoms with Gasteiger partial charge >= 0.3 is 5.97 Å². The molecule has 1 atom stereocenters. The number of carbonyl (C=O) groups excluding carboxylic acids is 1. The first-order valence-electron chi connectivity index (χ1n) is 5.55. The molecule has 1 aliphatic rings. The lowest BCUT2D eigenvalue weighted by atomic mass is 9.94. The summed E-state index contributed by atoms with van der Waals surface area (Å²) in [5.41, 5.74) is 0. The van der Waals surface area contributed by atoms with Gasteiger partial charge < -0.3 is 4.74 Å². The van der Waals surface area contributed by atoms with Gasteiger partial charge in [-0.3, -0.25) is 4.79 Å². The zero-order chi connectivity index (χ0) is 10.4. The monoisotopic (exact) mass is 196 g/mol. The molecule has 0 saturated carbocycles. The summed E-state index contributed by atoms with van der Waals surface area (Å²) in [5, 5.41) is 0. The summed E-state index contributed by atoms with van der Waals surface area (Å²) in [6.07, 6.45) is 9.55. The zero-order valence-electron chi connectivity index (χ0n) is 9.16. The fraction of sp³-hybridized carbons (Fsp3) is 0.750. The molecule has 0 radical (unpaired) electrons. The van der Waals surface area contributed by atoms with Crippen LogP contribution in [0.5, 0.6) is 0 Å². The van der Waals surface area contributed by atoms with Crippen LogP contribution in [0.1, 0.15) is 46.0 Å². The third-order valence-corrected chi connectivity index (χ3v) is 2.46. The maximum Gasteiger partial charge on any atom is 0.309 e. The van der Waals surface area contributed by atoms with Gasteiger partial charge in [-0.05, 0) is 46.0 Å². The van der Waals surface area contributed by atoms with E-state index in [-0.39, 0.29) is 18.0 Å². The summed E-state index contributed by atoms with van der Waals surface area (Å²) in [6.45, 7) is 3.81. The number of esters is 1. The molecule has 2 nitrogen and oxygen atoms in total. The van der Waals surface area contributed by atoms with Gasteiger partial charge in [0.05, 0.1) is 12.0 Å². The van der Waals surface area contributed by atoms with E-state index in [0.29, 0.717) is 0 Å². The van der Waals surface area contributed by atoms with Crippen LogP contribution >= 0.6 is 0 Å². The summed E-state index contributed by atoms with van der Waals surface area (Å²) in [4.78, 5) is 11.6. The first-order valence-corrected chi connectivity index (χ1v) is 5.55. The largest absolute Gasteiger partial charge is 0.463 e. The van der Waals surface area contributed by atoms with Crippen LogP contribution in [0.25, 0.3) is 0 Å². The number of carbonyl (C=O) groups is 1. The average Bonchev–Trinajstić information content (AvgIpc) is 2.00. The van der Waals surface area contributed by atoms with Crippen molar-refractivity contribution in [3.05, 3.63) is 12.2 Å². The number of allylic oxidation sites excluding steroid dienone is 2. The lowest BCUT2D eigenvalue weighted by Crippen LogP contribution is -2.21. The summed E-state index contributed by atoms with van der Waals surface area (Å²) in [6, 6.07) is 0. The Labute approximate surface area is 86.3 Å². The molecule has 0 aromatic carbocycles. The molecule has 0 heterocycles. The Morgan fingerprint density at radius 1 is 1.29 bits per heavy atom. The van der Waals surface area contributed by atoms with E-state index >= 15 is 0 Å². The highest BCUT2D eigenvalue weighted by molar-refractivity contribution is 5.72. The molecular formula is C12H20O2. The van der Waals surface area contributed by atoms with Gasteiger partial charge in [0.2, 0.25) is 0 Å². The minimum absolute atomic E-state index is 0.00435. The Hall–Kier alpha value is -0.790. The topological polar surface area (TPSA) is 26.3 Å². The molecule has 0 aromatic rings. The van der Waals surface area contributed by atoms with E-state index in [1.54, 1.807) is 0 Å². The molecule has 1 unspecified atom stereocenters. The first-order chi connectivity index (χ1) is 6.70. The van der Waals surface area contributed by atoms with Crippen molar-refractivity contribution in [2.45, 2.75) is 52.1 Å². The molecule has 2 heteroatoms. The molecule has 14 heavy (non-hydrogen) atoms. The minimum Gasteiger partial charge on any atom is -0.463 e. The number of hydrogen-bond acceptors (Lipinski definition) is 2. The lowest BCUT2D eigenvalue weighted by Gasteiger charge is -2.17. The molecule has 0 amide bonds. The van der Waals surface area contributed by atoms with Crippen molar-refractivity contribution in [2.24, 2.45) is 5.92 Å². The van der Waals surface area contributed by atoms with Crippen molar-refractivity contribution in [3.8, 4) is 0 Å². The quantitative estimate of drug-likeness (QED) is 0.501. The third-order valence-electron chi connectivity index (χ3n) is 2.46. The van der Waals surface area contributed by atoms with Crippen LogP contribution in [0.15, 0.2) is 12.2 Å². The number of rotatable bonds is 2. The molecule has 0 fully saturated rings. The van der Waals surface area contributed by atoms with Gasteiger partial charge in [0.25, 0.3) is 0 Å². The SMILES string of the molecule is CC(C)OC(=O)C1CC/C=C\CCC1. The second kappa shape index (κ2) is 5.84. The Morgan fingerprint density at radius 3 is 2.71 bits per heavy atom. The Morgan fingerprint density at radius 2 is 2.00 bits per heavy atom. The normalized spacial score (nSPS) is 25.2. The van der Waals surface area contributed by atoms with Gasteiger partial charge in [-0.15, -0.1) is 0 Å². The van der Waals surface area contributed by atoms with Crippen molar-refractivity contribution in [1.82, 2.24) is 0 Å². The Bertz CT molecular complexity index is 206. The van der Waals surface area contributed by atoms with Crippen LogP contribution in [-0.4, -0.2) is 12.1 Å². The molecular weight excluding hydrogens is 176 g/mol. The van der Waals surface area contributed by atoms with E-state index in [4.69, 9.17) is 4.74 Å². The van der Waals surface area contributed by atoms with Crippen molar-refractivity contribution >= 4 is 5.97 Å². The predicted octanol–water partition coefficient (Wildman–Crippen LogP) is 3.07. The molecule has 0 N–H and O–H groups in total. The molecule has 1 aliphatic carbocycles. The summed E-state index contributed by atoms with van der Waals surface area (Å²) in [5.74, 6) is 0.123. The van der Waals surface area contributed by atoms with Crippen molar-refractivity contribution in [2.75, 3.05) is 0 Å². The van der Waals surface area contributed by atoms with Gasteiger partial charge in [0.1, 0.15) is 0 Å². The van der Waals surface area contributed by atoms with E-state index in [0.717, 1.165) is 32.1 Å². The van der Waals surface area contributed by atoms with Gasteiger partial charge in [0, 0.05) is 0 Å². The third kappa shape index (κ3) is 3.95. The van der Waals surface area contributed by atoms with Gasteiger partial charge in [0.15, 0.2) is 0 Å². The van der Waals surface area contributed by atoms with Crippen molar-refractivity contribution < 1.29 is 9.53 Å². The van der Waals surface area contributed by atoms with Crippen molar-refractivity contribution in [1.29, 1.82) is 0 Å². The standard InChI is InChI=1S/C12H20O2/c1-10(2)14-12(13)11-8-6-4-3-5-7-9-11/h3-4,10-11H,5-9H2,1-2H3/b4-3-. The zero-order valence-corrected chi connectivity index (χ0v) is 9.16. The van der Waals surface area contributed by atoms with Crippen LogP contribution in [0, 0.1) is 5.92 Å². The van der Waals surface area contributed by atoms with E-state index in [9.17, 15) is 4.79 Å². The Kier molecular flexibility index (Phi) is 4.71. The van der Waals surface area contributed by atoms with Gasteiger partial charge in [-0.2, -0.15) is 0 Å². The molecule has 0 saturated heterocycles. The molecule has 0 aliphatic heterocycles. The second-order valence-electron chi connectivity index (χ2n) is 4.16. The average molecular weight is 196 g/mol. The first kappa shape index (κ1) is 11.3. The molecule has 0 spiro atoms. The number of ether oxygens (including phenoxy) is 1.